The first-order valence-corrected chi connectivity index (χ1v) is 3.51. The number of hydrogen-bond donors (Lipinski definition) is 0. The first kappa shape index (κ1) is 7.61. The van der Waals surface area contributed by atoms with Crippen LogP contribution in [0.2, 0.25) is 0 Å². The van der Waals surface area contributed by atoms with Crippen molar-refractivity contribution in [3.63, 3.8) is 0 Å². The van der Waals surface area contributed by atoms with Crippen LogP contribution in [-0.2, 0) is 9.53 Å². The van der Waals surface area contributed by atoms with Gasteiger partial charge in [-0.25, -0.2) is 4.79 Å². The Morgan fingerprint density at radius 2 is 2.30 bits per heavy atom. The molecule has 0 aromatic rings. The van der Waals surface area contributed by atoms with Crippen molar-refractivity contribution in [2.24, 2.45) is 5.92 Å². The van der Waals surface area contributed by atoms with E-state index < -0.39 is 5.97 Å². The van der Waals surface area contributed by atoms with Crippen LogP contribution < -0.4 is 0 Å². The largest absolute Gasteiger partial charge is 0.465 e. The average Bonchev–Trinajstić information content (AvgIpc) is 2.63. The first-order valence-electron chi connectivity index (χ1n) is 3.13. The minimum atomic E-state index is -0.416. The highest BCUT2D eigenvalue weighted by atomic mass is 35.5. The molecular weight excluding hydrogens is 152 g/mol. The van der Waals surface area contributed by atoms with Gasteiger partial charge in [-0.15, -0.1) is 0 Å². The van der Waals surface area contributed by atoms with Crippen LogP contribution in [0.25, 0.3) is 0 Å². The standard InChI is InChI=1S/C7H9ClO2/c1-4-3-5(4)6(8)7(9)10-2/h4H,3H2,1-2H3/b6-5+. The lowest BCUT2D eigenvalue weighted by Gasteiger charge is -1.93. The molecule has 2 nitrogen and oxygen atoms in total. The maximum absolute atomic E-state index is 10.7. The van der Waals surface area contributed by atoms with Gasteiger partial charge in [-0.1, -0.05) is 18.5 Å². The second-order valence-electron chi connectivity index (χ2n) is 2.44. The average molecular weight is 161 g/mol. The Labute approximate surface area is 64.8 Å². The van der Waals surface area contributed by atoms with Crippen molar-refractivity contribution in [1.82, 2.24) is 0 Å². The van der Waals surface area contributed by atoms with Gasteiger partial charge in [0.15, 0.2) is 0 Å². The lowest BCUT2D eigenvalue weighted by molar-refractivity contribution is -0.135. The zero-order valence-corrected chi connectivity index (χ0v) is 6.73. The van der Waals surface area contributed by atoms with Crippen molar-refractivity contribution < 1.29 is 9.53 Å². The van der Waals surface area contributed by atoms with Crippen molar-refractivity contribution >= 4 is 17.6 Å². The quantitative estimate of drug-likeness (QED) is 0.431. The molecule has 0 amide bonds. The van der Waals surface area contributed by atoms with E-state index >= 15 is 0 Å². The molecule has 0 saturated heterocycles. The monoisotopic (exact) mass is 160 g/mol. The molecule has 1 fully saturated rings. The van der Waals surface area contributed by atoms with E-state index in [0.29, 0.717) is 5.92 Å². The molecule has 0 aromatic carbocycles. The molecule has 1 unspecified atom stereocenters. The second kappa shape index (κ2) is 2.62. The minimum Gasteiger partial charge on any atom is -0.465 e. The summed E-state index contributed by atoms with van der Waals surface area (Å²) >= 11 is 5.63. The van der Waals surface area contributed by atoms with E-state index in [1.165, 1.54) is 7.11 Å². The molecule has 3 heteroatoms. The van der Waals surface area contributed by atoms with E-state index in [-0.39, 0.29) is 5.03 Å². The Balaban J connectivity index is 2.66. The summed E-state index contributed by atoms with van der Waals surface area (Å²) in [4.78, 5) is 10.7. The number of carbonyl (C=O) groups is 1. The molecular formula is C7H9ClO2. The molecule has 1 aliphatic rings. The summed E-state index contributed by atoms with van der Waals surface area (Å²) < 4.78 is 4.43. The number of allylic oxidation sites excluding steroid dienone is 1. The SMILES string of the molecule is COC(=O)/C(Cl)=C1/CC1C. The van der Waals surface area contributed by atoms with Crippen LogP contribution in [-0.4, -0.2) is 13.1 Å². The van der Waals surface area contributed by atoms with Crippen LogP contribution in [0.1, 0.15) is 13.3 Å². The molecule has 1 atom stereocenters. The smallest absolute Gasteiger partial charge is 0.349 e. The number of halogens is 1. The highest BCUT2D eigenvalue weighted by Crippen LogP contribution is 2.40. The van der Waals surface area contributed by atoms with E-state index in [2.05, 4.69) is 4.74 Å². The molecule has 0 N–H and O–H groups in total. The highest BCUT2D eigenvalue weighted by Gasteiger charge is 2.30. The summed E-state index contributed by atoms with van der Waals surface area (Å²) in [7, 11) is 1.33. The fraction of sp³-hybridized carbons (Fsp3) is 0.571. The molecule has 0 radical (unpaired) electrons. The maximum atomic E-state index is 10.7. The van der Waals surface area contributed by atoms with Crippen molar-refractivity contribution in [2.75, 3.05) is 7.11 Å². The van der Waals surface area contributed by atoms with Crippen LogP contribution in [0, 0.1) is 5.92 Å². The van der Waals surface area contributed by atoms with Gasteiger partial charge in [0.05, 0.1) is 7.11 Å². The number of esters is 1. The maximum Gasteiger partial charge on any atom is 0.349 e. The number of methoxy groups -OCH3 is 1. The summed E-state index contributed by atoms with van der Waals surface area (Å²) in [6.07, 6.45) is 0.938. The van der Waals surface area contributed by atoms with Crippen LogP contribution >= 0.6 is 11.6 Å². The van der Waals surface area contributed by atoms with Crippen LogP contribution in [0.3, 0.4) is 0 Å². The fourth-order valence-electron chi connectivity index (χ4n) is 0.798. The Bertz CT molecular complexity index is 196. The Kier molecular flexibility index (Phi) is 2.00. The molecule has 0 aliphatic heterocycles. The zero-order chi connectivity index (χ0) is 7.72. The molecule has 56 valence electrons. The molecule has 0 aromatic heterocycles. The molecule has 1 rings (SSSR count). The van der Waals surface area contributed by atoms with E-state index in [9.17, 15) is 4.79 Å². The first-order chi connectivity index (χ1) is 4.66. The summed E-state index contributed by atoms with van der Waals surface area (Å²) in [6.45, 7) is 2.03. The van der Waals surface area contributed by atoms with Crippen LogP contribution in [0.4, 0.5) is 0 Å². The fourth-order valence-corrected chi connectivity index (χ4v) is 1.14. The summed E-state index contributed by atoms with van der Waals surface area (Å²) in [5.41, 5.74) is 1.02. The van der Waals surface area contributed by atoms with Crippen molar-refractivity contribution in [3.8, 4) is 0 Å². The topological polar surface area (TPSA) is 26.3 Å². The Morgan fingerprint density at radius 1 is 1.80 bits per heavy atom. The predicted octanol–water partition coefficient (Wildman–Crippen LogP) is 1.69. The van der Waals surface area contributed by atoms with Gasteiger partial charge in [-0.2, -0.15) is 0 Å². The van der Waals surface area contributed by atoms with E-state index in [1.54, 1.807) is 0 Å². The lowest BCUT2D eigenvalue weighted by Crippen LogP contribution is -1.99. The van der Waals surface area contributed by atoms with Gasteiger partial charge in [0.2, 0.25) is 0 Å². The predicted molar refractivity (Wildman–Crippen MR) is 38.7 cm³/mol. The van der Waals surface area contributed by atoms with Crippen LogP contribution in [0.15, 0.2) is 10.6 Å². The second-order valence-corrected chi connectivity index (χ2v) is 2.81. The summed E-state index contributed by atoms with van der Waals surface area (Å²) in [5, 5.41) is 0.273. The lowest BCUT2D eigenvalue weighted by atomic mass is 10.4. The highest BCUT2D eigenvalue weighted by molar-refractivity contribution is 6.41. The van der Waals surface area contributed by atoms with Gasteiger partial charge >= 0.3 is 5.97 Å². The molecule has 0 bridgehead atoms. The van der Waals surface area contributed by atoms with E-state index in [0.717, 1.165) is 12.0 Å². The van der Waals surface area contributed by atoms with Gasteiger partial charge in [0.1, 0.15) is 5.03 Å². The normalized spacial score (nSPS) is 27.7. The summed E-state index contributed by atoms with van der Waals surface area (Å²) in [5.74, 6) is 0.0626. The van der Waals surface area contributed by atoms with Crippen molar-refractivity contribution in [2.45, 2.75) is 13.3 Å². The van der Waals surface area contributed by atoms with Gasteiger partial charge in [-0.3, -0.25) is 0 Å². The van der Waals surface area contributed by atoms with E-state index in [4.69, 9.17) is 11.6 Å². The Hall–Kier alpha value is -0.500. The number of rotatable bonds is 1. The third kappa shape index (κ3) is 1.32. The molecule has 1 aliphatic carbocycles. The third-order valence-corrected chi connectivity index (χ3v) is 2.00. The minimum absolute atomic E-state index is 0.273. The van der Waals surface area contributed by atoms with Crippen LogP contribution in [0.5, 0.6) is 0 Å². The number of carbonyl (C=O) groups excluding carboxylic acids is 1. The number of ether oxygens (including phenoxy) is 1. The van der Waals surface area contributed by atoms with Gasteiger partial charge < -0.3 is 4.74 Å². The van der Waals surface area contributed by atoms with Gasteiger partial charge in [-0.05, 0) is 17.9 Å². The Morgan fingerprint density at radius 3 is 2.60 bits per heavy atom. The molecule has 1 saturated carbocycles. The van der Waals surface area contributed by atoms with E-state index in [1.807, 2.05) is 6.92 Å². The van der Waals surface area contributed by atoms with Crippen molar-refractivity contribution in [1.29, 1.82) is 0 Å². The zero-order valence-electron chi connectivity index (χ0n) is 5.98. The van der Waals surface area contributed by atoms with Gasteiger partial charge in [0, 0.05) is 0 Å². The summed E-state index contributed by atoms with van der Waals surface area (Å²) in [6, 6.07) is 0. The number of hydrogen-bond acceptors (Lipinski definition) is 2. The molecule has 0 heterocycles. The van der Waals surface area contributed by atoms with Gasteiger partial charge in [0.25, 0.3) is 0 Å². The van der Waals surface area contributed by atoms with Crippen molar-refractivity contribution in [3.05, 3.63) is 10.6 Å². The molecule has 10 heavy (non-hydrogen) atoms. The molecule has 0 spiro atoms. The third-order valence-electron chi connectivity index (χ3n) is 1.61.